The molecule has 0 spiro atoms. The average Bonchev–Trinajstić information content (AvgIpc) is 2.98. The van der Waals surface area contributed by atoms with E-state index in [0.29, 0.717) is 0 Å². The lowest BCUT2D eigenvalue weighted by molar-refractivity contribution is -0.138. The number of carbonyl (C=O) groups is 1. The van der Waals surface area contributed by atoms with Crippen molar-refractivity contribution >= 4 is 16.9 Å². The molecule has 1 aromatic heterocycles. The van der Waals surface area contributed by atoms with Crippen molar-refractivity contribution in [3.05, 3.63) is 64.8 Å². The topological polar surface area (TPSA) is 62.3 Å². The number of aryl methyl sites for hydroxylation is 3. The van der Waals surface area contributed by atoms with E-state index in [1.165, 1.54) is 5.56 Å². The molecule has 1 unspecified atom stereocenters. The lowest BCUT2D eigenvalue weighted by Gasteiger charge is -2.14. The highest BCUT2D eigenvalue weighted by Gasteiger charge is 2.24. The number of rotatable bonds is 7. The maximum atomic E-state index is 11.6. The molecule has 0 fully saturated rings. The van der Waals surface area contributed by atoms with Crippen LogP contribution in [-0.2, 0) is 17.6 Å². The highest BCUT2D eigenvalue weighted by molar-refractivity contribution is 5.94. The summed E-state index contributed by atoms with van der Waals surface area (Å²) in [5.74, 6) is -0.556. The van der Waals surface area contributed by atoms with Crippen molar-refractivity contribution in [1.82, 2.24) is 4.98 Å². The molecule has 2 N–H and O–H groups in total. The van der Waals surface area contributed by atoms with Crippen molar-refractivity contribution in [2.45, 2.75) is 39.0 Å². The number of H-pyrrole nitrogens is 1. The molecule has 0 saturated carbocycles. The number of hydrogen-bond donors (Lipinski definition) is 2. The normalized spacial score (nSPS) is 12.3. The zero-order valence-corrected chi connectivity index (χ0v) is 15.5. The van der Waals surface area contributed by atoms with Crippen LogP contribution in [0.4, 0.5) is 0 Å². The summed E-state index contributed by atoms with van der Waals surface area (Å²) in [7, 11) is 1.67. The summed E-state index contributed by atoms with van der Waals surface area (Å²) in [6, 6.07) is 14.3. The molecule has 3 aromatic rings. The van der Waals surface area contributed by atoms with Crippen molar-refractivity contribution < 1.29 is 14.6 Å². The van der Waals surface area contributed by atoms with Gasteiger partial charge in [-0.15, -0.1) is 0 Å². The quantitative estimate of drug-likeness (QED) is 0.640. The van der Waals surface area contributed by atoms with E-state index in [1.807, 2.05) is 25.1 Å². The van der Waals surface area contributed by atoms with Gasteiger partial charge in [0, 0.05) is 22.2 Å². The fourth-order valence-electron chi connectivity index (χ4n) is 3.72. The second kappa shape index (κ2) is 7.65. The third-order valence-electron chi connectivity index (χ3n) is 5.02. The van der Waals surface area contributed by atoms with Gasteiger partial charge < -0.3 is 14.8 Å². The van der Waals surface area contributed by atoms with Crippen LogP contribution in [-0.4, -0.2) is 23.2 Å². The minimum atomic E-state index is -0.813. The van der Waals surface area contributed by atoms with Gasteiger partial charge in [0.2, 0.25) is 0 Å². The summed E-state index contributed by atoms with van der Waals surface area (Å²) in [4.78, 5) is 15.0. The number of nitrogens with one attached hydrogen (secondary N) is 1. The summed E-state index contributed by atoms with van der Waals surface area (Å²) >= 11 is 0. The van der Waals surface area contributed by atoms with Crippen LogP contribution >= 0.6 is 0 Å². The number of benzene rings is 2. The SMILES string of the molecule is COc1ccc2[nH]c(C)c(C(C)C(=O)O)c2c1CCCc1ccccc1. The van der Waals surface area contributed by atoms with Crippen molar-refractivity contribution in [2.24, 2.45) is 0 Å². The highest BCUT2D eigenvalue weighted by atomic mass is 16.5. The molecular weight excluding hydrogens is 326 g/mol. The Labute approximate surface area is 153 Å². The summed E-state index contributed by atoms with van der Waals surface area (Å²) < 4.78 is 5.60. The van der Waals surface area contributed by atoms with E-state index < -0.39 is 11.9 Å². The number of hydrogen-bond acceptors (Lipinski definition) is 2. The number of carboxylic acid groups (broad SMARTS) is 1. The van der Waals surface area contributed by atoms with E-state index in [9.17, 15) is 9.90 Å². The van der Waals surface area contributed by atoms with Gasteiger partial charge >= 0.3 is 5.97 Å². The molecule has 0 radical (unpaired) electrons. The molecule has 0 aliphatic rings. The molecule has 0 saturated heterocycles. The smallest absolute Gasteiger partial charge is 0.310 e. The molecule has 3 rings (SSSR count). The predicted octanol–water partition coefficient (Wildman–Crippen LogP) is 4.85. The standard InChI is InChI=1S/C22H25NO3/c1-14(22(24)25)20-15(2)23-18-12-13-19(26-3)17(21(18)20)11-7-10-16-8-5-4-6-9-16/h4-6,8-9,12-14,23H,7,10-11H2,1-3H3,(H,24,25). The second-order valence-electron chi connectivity index (χ2n) is 6.73. The van der Waals surface area contributed by atoms with E-state index in [-0.39, 0.29) is 0 Å². The monoisotopic (exact) mass is 351 g/mol. The Morgan fingerprint density at radius 2 is 1.88 bits per heavy atom. The summed E-state index contributed by atoms with van der Waals surface area (Å²) in [5, 5.41) is 10.5. The fraction of sp³-hybridized carbons (Fsp3) is 0.318. The van der Waals surface area contributed by atoms with Crippen molar-refractivity contribution in [3.8, 4) is 5.75 Å². The van der Waals surface area contributed by atoms with Gasteiger partial charge in [-0.05, 0) is 56.4 Å². The summed E-state index contributed by atoms with van der Waals surface area (Å²) in [6.07, 6.45) is 2.80. The van der Waals surface area contributed by atoms with Crippen LogP contribution in [0.3, 0.4) is 0 Å². The Morgan fingerprint density at radius 3 is 2.54 bits per heavy atom. The Bertz CT molecular complexity index is 912. The first-order chi connectivity index (χ1) is 12.5. The largest absolute Gasteiger partial charge is 0.496 e. The van der Waals surface area contributed by atoms with E-state index >= 15 is 0 Å². The second-order valence-corrected chi connectivity index (χ2v) is 6.73. The summed E-state index contributed by atoms with van der Waals surface area (Å²) in [5.41, 5.74) is 5.14. The lowest BCUT2D eigenvalue weighted by Crippen LogP contribution is -2.09. The van der Waals surface area contributed by atoms with Gasteiger partial charge in [0.15, 0.2) is 0 Å². The van der Waals surface area contributed by atoms with Crippen LogP contribution in [0.5, 0.6) is 5.75 Å². The maximum Gasteiger partial charge on any atom is 0.310 e. The molecule has 4 heteroatoms. The first kappa shape index (κ1) is 18.1. The van der Waals surface area contributed by atoms with Crippen molar-refractivity contribution in [3.63, 3.8) is 0 Å². The van der Waals surface area contributed by atoms with Gasteiger partial charge in [0.25, 0.3) is 0 Å². The number of aromatic nitrogens is 1. The van der Waals surface area contributed by atoms with Crippen LogP contribution in [0.25, 0.3) is 10.9 Å². The van der Waals surface area contributed by atoms with E-state index in [4.69, 9.17) is 4.74 Å². The van der Waals surface area contributed by atoms with Gasteiger partial charge in [-0.1, -0.05) is 30.3 Å². The number of fused-ring (bicyclic) bond motifs is 1. The van der Waals surface area contributed by atoms with Gasteiger partial charge in [0.1, 0.15) is 5.75 Å². The van der Waals surface area contributed by atoms with Gasteiger partial charge in [-0.2, -0.15) is 0 Å². The highest BCUT2D eigenvalue weighted by Crippen LogP contribution is 2.37. The number of carboxylic acids is 1. The van der Waals surface area contributed by atoms with Crippen molar-refractivity contribution in [2.75, 3.05) is 7.11 Å². The minimum Gasteiger partial charge on any atom is -0.496 e. The van der Waals surface area contributed by atoms with Gasteiger partial charge in [0.05, 0.1) is 13.0 Å². The molecule has 2 aromatic carbocycles. The number of methoxy groups -OCH3 is 1. The first-order valence-electron chi connectivity index (χ1n) is 8.97. The molecule has 136 valence electrons. The Balaban J connectivity index is 2.00. The van der Waals surface area contributed by atoms with Gasteiger partial charge in [-0.25, -0.2) is 0 Å². The molecule has 0 aliphatic heterocycles. The van der Waals surface area contributed by atoms with Crippen LogP contribution in [0.2, 0.25) is 0 Å². The van der Waals surface area contributed by atoms with Crippen LogP contribution in [0.1, 0.15) is 41.6 Å². The maximum absolute atomic E-state index is 11.6. The molecule has 26 heavy (non-hydrogen) atoms. The first-order valence-corrected chi connectivity index (χ1v) is 8.97. The fourth-order valence-corrected chi connectivity index (χ4v) is 3.72. The lowest BCUT2D eigenvalue weighted by atomic mass is 9.92. The zero-order chi connectivity index (χ0) is 18.7. The van der Waals surface area contributed by atoms with Crippen LogP contribution < -0.4 is 4.74 Å². The van der Waals surface area contributed by atoms with Gasteiger partial charge in [-0.3, -0.25) is 4.79 Å². The Kier molecular flexibility index (Phi) is 5.31. The molecule has 0 bridgehead atoms. The zero-order valence-electron chi connectivity index (χ0n) is 15.5. The number of aromatic amines is 1. The molecule has 1 heterocycles. The number of aliphatic carboxylic acids is 1. The van der Waals surface area contributed by atoms with E-state index in [0.717, 1.165) is 52.7 Å². The predicted molar refractivity (Wildman–Crippen MR) is 104 cm³/mol. The molecular formula is C22H25NO3. The number of ether oxygens (including phenoxy) is 1. The summed E-state index contributed by atoms with van der Waals surface area (Å²) in [6.45, 7) is 3.68. The van der Waals surface area contributed by atoms with E-state index in [1.54, 1.807) is 14.0 Å². The molecule has 0 amide bonds. The molecule has 4 nitrogen and oxygen atoms in total. The van der Waals surface area contributed by atoms with Crippen LogP contribution in [0.15, 0.2) is 42.5 Å². The third-order valence-corrected chi connectivity index (χ3v) is 5.02. The minimum absolute atomic E-state index is 0.566. The van der Waals surface area contributed by atoms with Crippen LogP contribution in [0, 0.1) is 6.92 Å². The Hall–Kier alpha value is -2.75. The molecule has 1 atom stereocenters. The molecule has 0 aliphatic carbocycles. The Morgan fingerprint density at radius 1 is 1.15 bits per heavy atom. The average molecular weight is 351 g/mol. The van der Waals surface area contributed by atoms with E-state index in [2.05, 4.69) is 29.2 Å². The third kappa shape index (κ3) is 3.45. The van der Waals surface area contributed by atoms with Crippen molar-refractivity contribution in [1.29, 1.82) is 0 Å².